The summed E-state index contributed by atoms with van der Waals surface area (Å²) in [5.74, 6) is 0.227. The molecule has 0 amide bonds. The van der Waals surface area contributed by atoms with Crippen molar-refractivity contribution in [2.24, 2.45) is 4.99 Å². The van der Waals surface area contributed by atoms with E-state index >= 15 is 0 Å². The first-order valence-electron chi connectivity index (χ1n) is 7.23. The highest BCUT2D eigenvalue weighted by Crippen LogP contribution is 2.26. The second-order valence-corrected chi connectivity index (χ2v) is 5.16. The van der Waals surface area contributed by atoms with Gasteiger partial charge >= 0.3 is 0 Å². The quantitative estimate of drug-likeness (QED) is 0.685. The first-order chi connectivity index (χ1) is 10.7. The Kier molecular flexibility index (Phi) is 4.01. The number of hydrogen-bond donors (Lipinski definition) is 1. The van der Waals surface area contributed by atoms with Crippen LogP contribution in [0.5, 0.6) is 5.75 Å². The van der Waals surface area contributed by atoms with E-state index in [1.807, 2.05) is 73.7 Å². The Morgan fingerprint density at radius 2 is 1.32 bits per heavy atom. The summed E-state index contributed by atoms with van der Waals surface area (Å²) in [5, 5.41) is 9.72. The van der Waals surface area contributed by atoms with Crippen LogP contribution in [0.4, 0.5) is 5.69 Å². The van der Waals surface area contributed by atoms with Crippen LogP contribution in [0.15, 0.2) is 83.9 Å². The minimum absolute atomic E-state index is 0.227. The highest BCUT2D eigenvalue weighted by molar-refractivity contribution is 6.14. The van der Waals surface area contributed by atoms with Gasteiger partial charge in [-0.25, -0.2) is 4.99 Å². The van der Waals surface area contributed by atoms with Crippen LogP contribution in [0.3, 0.4) is 0 Å². The molecule has 0 bridgehead atoms. The smallest absolute Gasteiger partial charge is 0.117 e. The van der Waals surface area contributed by atoms with E-state index < -0.39 is 0 Å². The molecule has 0 aliphatic heterocycles. The minimum Gasteiger partial charge on any atom is -0.508 e. The van der Waals surface area contributed by atoms with Gasteiger partial charge in [0.15, 0.2) is 0 Å². The van der Waals surface area contributed by atoms with E-state index in [0.717, 1.165) is 28.1 Å². The Bertz CT molecular complexity index is 751. The van der Waals surface area contributed by atoms with Crippen molar-refractivity contribution in [2.45, 2.75) is 6.92 Å². The van der Waals surface area contributed by atoms with E-state index in [4.69, 9.17) is 4.99 Å². The van der Waals surface area contributed by atoms with Crippen LogP contribution in [0.2, 0.25) is 0 Å². The van der Waals surface area contributed by atoms with Gasteiger partial charge in [0.05, 0.1) is 11.4 Å². The zero-order valence-corrected chi connectivity index (χ0v) is 12.4. The van der Waals surface area contributed by atoms with Gasteiger partial charge in [0, 0.05) is 17.2 Å². The van der Waals surface area contributed by atoms with Crippen LogP contribution in [0.25, 0.3) is 0 Å². The fourth-order valence-corrected chi connectivity index (χ4v) is 2.33. The van der Waals surface area contributed by atoms with E-state index in [0.29, 0.717) is 0 Å². The lowest BCUT2D eigenvalue weighted by Gasteiger charge is -2.09. The molecule has 3 aromatic carbocycles. The van der Waals surface area contributed by atoms with Gasteiger partial charge < -0.3 is 5.11 Å². The number of aromatic hydroxyl groups is 1. The normalized spacial score (nSPS) is 10.2. The molecule has 0 atom stereocenters. The maximum Gasteiger partial charge on any atom is 0.117 e. The van der Waals surface area contributed by atoms with Gasteiger partial charge in [-0.05, 0) is 18.6 Å². The fraction of sp³-hybridized carbons (Fsp3) is 0.0500. The molecule has 0 fully saturated rings. The number of hydrogen-bond acceptors (Lipinski definition) is 2. The van der Waals surface area contributed by atoms with Crippen LogP contribution in [-0.2, 0) is 0 Å². The number of benzene rings is 3. The number of phenolic OH excluding ortho intramolecular Hbond substituents is 1. The molecular weight excluding hydrogens is 270 g/mol. The van der Waals surface area contributed by atoms with E-state index in [1.165, 1.54) is 0 Å². The van der Waals surface area contributed by atoms with Crippen molar-refractivity contribution in [3.63, 3.8) is 0 Å². The molecule has 3 aromatic rings. The summed E-state index contributed by atoms with van der Waals surface area (Å²) < 4.78 is 0. The molecule has 0 aliphatic rings. The lowest BCUT2D eigenvalue weighted by Crippen LogP contribution is -2.02. The van der Waals surface area contributed by atoms with Crippen molar-refractivity contribution in [1.29, 1.82) is 0 Å². The molecule has 0 radical (unpaired) electrons. The zero-order chi connectivity index (χ0) is 15.4. The molecule has 0 saturated heterocycles. The molecule has 1 N–H and O–H groups in total. The van der Waals surface area contributed by atoms with Crippen molar-refractivity contribution in [2.75, 3.05) is 0 Å². The Balaban J connectivity index is 2.18. The molecule has 22 heavy (non-hydrogen) atoms. The van der Waals surface area contributed by atoms with E-state index in [1.54, 1.807) is 12.1 Å². The van der Waals surface area contributed by atoms with Gasteiger partial charge in [0.1, 0.15) is 5.75 Å². The summed E-state index contributed by atoms with van der Waals surface area (Å²) in [4.78, 5) is 4.82. The molecule has 2 nitrogen and oxygen atoms in total. The molecule has 0 aromatic heterocycles. The van der Waals surface area contributed by atoms with Crippen molar-refractivity contribution in [3.05, 3.63) is 95.6 Å². The lowest BCUT2D eigenvalue weighted by atomic mass is 10.0. The van der Waals surface area contributed by atoms with Crippen molar-refractivity contribution < 1.29 is 5.11 Å². The van der Waals surface area contributed by atoms with Gasteiger partial charge in [-0.2, -0.15) is 0 Å². The molecular formula is C20H17NO. The first kappa shape index (κ1) is 14.1. The number of aliphatic imine (C=N–C) groups is 1. The molecule has 3 rings (SSSR count). The Hall–Kier alpha value is -2.87. The van der Waals surface area contributed by atoms with Crippen molar-refractivity contribution in [1.82, 2.24) is 0 Å². The highest BCUT2D eigenvalue weighted by atomic mass is 16.3. The van der Waals surface area contributed by atoms with Gasteiger partial charge in [-0.1, -0.05) is 66.7 Å². The van der Waals surface area contributed by atoms with Crippen LogP contribution >= 0.6 is 0 Å². The molecule has 0 spiro atoms. The molecule has 0 saturated carbocycles. The number of aryl methyl sites for hydroxylation is 1. The van der Waals surface area contributed by atoms with Gasteiger partial charge in [0.25, 0.3) is 0 Å². The molecule has 2 heteroatoms. The number of nitrogens with zero attached hydrogens (tertiary/aromatic N) is 1. The summed E-state index contributed by atoms with van der Waals surface area (Å²) in [6, 6.07) is 25.4. The predicted molar refractivity (Wildman–Crippen MR) is 91.0 cm³/mol. The lowest BCUT2D eigenvalue weighted by molar-refractivity contribution is 0.475. The van der Waals surface area contributed by atoms with Gasteiger partial charge in [-0.15, -0.1) is 0 Å². The SMILES string of the molecule is Cc1ccc(O)cc1N=C(c1ccccc1)c1ccccc1. The van der Waals surface area contributed by atoms with E-state index in [-0.39, 0.29) is 5.75 Å². The highest BCUT2D eigenvalue weighted by Gasteiger charge is 2.08. The molecule has 108 valence electrons. The van der Waals surface area contributed by atoms with Crippen molar-refractivity contribution in [3.8, 4) is 5.75 Å². The third-order valence-corrected chi connectivity index (χ3v) is 3.52. The summed E-state index contributed by atoms with van der Waals surface area (Å²) in [7, 11) is 0. The van der Waals surface area contributed by atoms with Crippen LogP contribution in [0, 0.1) is 6.92 Å². The average molecular weight is 287 g/mol. The topological polar surface area (TPSA) is 32.6 Å². The van der Waals surface area contributed by atoms with Gasteiger partial charge in [-0.3, -0.25) is 0 Å². The monoisotopic (exact) mass is 287 g/mol. The second-order valence-electron chi connectivity index (χ2n) is 5.16. The van der Waals surface area contributed by atoms with E-state index in [9.17, 15) is 5.11 Å². The number of phenols is 1. The molecule has 0 aliphatic carbocycles. The minimum atomic E-state index is 0.227. The fourth-order valence-electron chi connectivity index (χ4n) is 2.33. The summed E-state index contributed by atoms with van der Waals surface area (Å²) in [6.07, 6.45) is 0. The third-order valence-electron chi connectivity index (χ3n) is 3.52. The largest absolute Gasteiger partial charge is 0.508 e. The predicted octanol–water partition coefficient (Wildman–Crippen LogP) is 4.87. The Morgan fingerprint density at radius 1 is 0.773 bits per heavy atom. The molecule has 0 unspecified atom stereocenters. The summed E-state index contributed by atoms with van der Waals surface area (Å²) in [6.45, 7) is 1.99. The van der Waals surface area contributed by atoms with E-state index in [2.05, 4.69) is 0 Å². The Morgan fingerprint density at radius 3 is 1.86 bits per heavy atom. The summed E-state index contributed by atoms with van der Waals surface area (Å²) in [5.41, 5.74) is 4.81. The van der Waals surface area contributed by atoms with Gasteiger partial charge in [0.2, 0.25) is 0 Å². The Labute approximate surface area is 130 Å². The van der Waals surface area contributed by atoms with Crippen molar-refractivity contribution >= 4 is 11.4 Å². The van der Waals surface area contributed by atoms with Crippen LogP contribution in [-0.4, -0.2) is 10.8 Å². The standard InChI is InChI=1S/C20H17NO/c1-15-12-13-18(22)14-19(15)21-20(16-8-4-2-5-9-16)17-10-6-3-7-11-17/h2-14,22H,1H3. The average Bonchev–Trinajstić information content (AvgIpc) is 2.57. The molecule has 0 heterocycles. The number of rotatable bonds is 3. The second kappa shape index (κ2) is 6.27. The van der Waals surface area contributed by atoms with Crippen LogP contribution in [0.1, 0.15) is 16.7 Å². The first-order valence-corrected chi connectivity index (χ1v) is 7.23. The maximum absolute atomic E-state index is 9.72. The maximum atomic E-state index is 9.72. The van der Waals surface area contributed by atoms with Crippen LogP contribution < -0.4 is 0 Å². The summed E-state index contributed by atoms with van der Waals surface area (Å²) >= 11 is 0. The third kappa shape index (κ3) is 3.07. The zero-order valence-electron chi connectivity index (χ0n) is 12.4.